The molecule has 2 aliphatic rings. The number of benzene rings is 2. The molecule has 4 amide bonds. The van der Waals surface area contributed by atoms with Gasteiger partial charge < -0.3 is 5.32 Å². The van der Waals surface area contributed by atoms with Crippen molar-refractivity contribution in [3.05, 3.63) is 82.8 Å². The number of anilines is 1. The number of halogens is 3. The van der Waals surface area contributed by atoms with Gasteiger partial charge in [-0.3, -0.25) is 29.0 Å². The van der Waals surface area contributed by atoms with Gasteiger partial charge in [0.25, 0.3) is 11.8 Å². The molecule has 2 heterocycles. The highest BCUT2D eigenvalue weighted by molar-refractivity contribution is 8.26. The Morgan fingerprint density at radius 2 is 1.84 bits per heavy atom. The summed E-state index contributed by atoms with van der Waals surface area (Å²) >= 11 is 6.32. The smallest absolute Gasteiger partial charge is 0.326 e. The highest BCUT2D eigenvalue weighted by atomic mass is 32.2. The van der Waals surface area contributed by atoms with Gasteiger partial charge in [0.05, 0.1) is 16.9 Å². The second-order valence-electron chi connectivity index (χ2n) is 8.32. The third kappa shape index (κ3) is 6.20. The van der Waals surface area contributed by atoms with Gasteiger partial charge in [0.1, 0.15) is 10.4 Å². The van der Waals surface area contributed by atoms with Crippen molar-refractivity contribution >= 4 is 63.7 Å². The molecule has 4 rings (SSSR count). The van der Waals surface area contributed by atoms with Crippen LogP contribution in [0.15, 0.2) is 71.7 Å². The van der Waals surface area contributed by atoms with Gasteiger partial charge in [0.15, 0.2) is 0 Å². The van der Waals surface area contributed by atoms with Gasteiger partial charge in [-0.15, -0.1) is 0 Å². The number of nitrogens with one attached hydrogen (secondary N) is 1. The number of carbonyl (C=O) groups excluding carboxylic acids is 4. The molecule has 196 valence electrons. The normalized spacial score (nSPS) is 19.3. The molecule has 0 spiro atoms. The molecule has 2 aromatic carbocycles. The number of amides is 4. The molecule has 2 aliphatic heterocycles. The zero-order valence-corrected chi connectivity index (χ0v) is 21.2. The largest absolute Gasteiger partial charge is 0.416 e. The lowest BCUT2D eigenvalue weighted by molar-refractivity contribution is -0.141. The van der Waals surface area contributed by atoms with Crippen LogP contribution in [0.3, 0.4) is 0 Å². The number of carbonyl (C=O) groups is 4. The molecule has 0 saturated carbocycles. The maximum Gasteiger partial charge on any atom is 0.416 e. The molecule has 0 aliphatic carbocycles. The third-order valence-corrected chi connectivity index (χ3v) is 7.08. The number of thiocarbonyl (C=S) groups is 1. The monoisotopic (exact) mass is 559 g/mol. The van der Waals surface area contributed by atoms with Gasteiger partial charge >= 0.3 is 6.18 Å². The number of thioether (sulfide) groups is 1. The van der Waals surface area contributed by atoms with Crippen LogP contribution in [-0.2, 0) is 25.4 Å². The molecule has 2 aromatic rings. The molecule has 1 atom stereocenters. The van der Waals surface area contributed by atoms with E-state index in [2.05, 4.69) is 5.32 Å². The maximum absolute atomic E-state index is 13.0. The first-order valence-electron chi connectivity index (χ1n) is 11.3. The van der Waals surface area contributed by atoms with E-state index < -0.39 is 41.4 Å². The van der Waals surface area contributed by atoms with Crippen LogP contribution >= 0.6 is 24.0 Å². The highest BCUT2D eigenvalue weighted by Crippen LogP contribution is 2.35. The van der Waals surface area contributed by atoms with Gasteiger partial charge in [-0.25, -0.2) is 0 Å². The number of nitrogens with zero attached hydrogens (tertiary/aromatic N) is 2. The summed E-state index contributed by atoms with van der Waals surface area (Å²) in [5.41, 5.74) is -0.0490. The van der Waals surface area contributed by atoms with E-state index in [0.717, 1.165) is 45.3 Å². The summed E-state index contributed by atoms with van der Waals surface area (Å²) in [4.78, 5) is 53.1. The topological polar surface area (TPSA) is 86.8 Å². The van der Waals surface area contributed by atoms with E-state index in [1.807, 2.05) is 36.4 Å². The van der Waals surface area contributed by atoms with Gasteiger partial charge in [0.2, 0.25) is 11.8 Å². The Morgan fingerprint density at radius 1 is 1.11 bits per heavy atom. The summed E-state index contributed by atoms with van der Waals surface area (Å²) in [5, 5.41) is 2.33. The highest BCUT2D eigenvalue weighted by Gasteiger charge is 2.48. The fourth-order valence-electron chi connectivity index (χ4n) is 3.89. The van der Waals surface area contributed by atoms with Crippen molar-refractivity contribution in [3.63, 3.8) is 0 Å². The zero-order chi connectivity index (χ0) is 27.4. The summed E-state index contributed by atoms with van der Waals surface area (Å²) in [7, 11) is 0. The summed E-state index contributed by atoms with van der Waals surface area (Å²) in [6.07, 6.45) is -0.0923. The Labute approximate surface area is 225 Å². The second-order valence-corrected chi connectivity index (χ2v) is 10.00. The molecular weight excluding hydrogens is 539 g/mol. The third-order valence-electron chi connectivity index (χ3n) is 5.73. The molecule has 1 N–H and O–H groups in total. The minimum absolute atomic E-state index is 0.0626. The van der Waals surface area contributed by atoms with Crippen LogP contribution in [0.4, 0.5) is 18.9 Å². The first-order chi connectivity index (χ1) is 18.0. The van der Waals surface area contributed by atoms with E-state index in [4.69, 9.17) is 12.2 Å². The maximum atomic E-state index is 13.0. The molecule has 0 radical (unpaired) electrons. The molecule has 1 unspecified atom stereocenters. The number of hydrogen-bond donors (Lipinski definition) is 1. The van der Waals surface area contributed by atoms with Crippen molar-refractivity contribution in [2.24, 2.45) is 0 Å². The van der Waals surface area contributed by atoms with Crippen molar-refractivity contribution in [1.29, 1.82) is 0 Å². The fourth-order valence-corrected chi connectivity index (χ4v) is 5.19. The van der Waals surface area contributed by atoms with Gasteiger partial charge in [0, 0.05) is 18.7 Å². The standard InChI is InChI=1S/C26H20F3N3O4S2/c27-26(28,29)17-9-5-10-18(14-17)30-21(33)12-13-31-22(34)15-19(23(31)35)32-24(36)20(38-25(32)37)11-4-8-16-6-2-1-3-7-16/h1-11,14,19H,12-13,15H2,(H,30,33)/b8-4+,20-11-. The Morgan fingerprint density at radius 3 is 2.55 bits per heavy atom. The number of rotatable bonds is 7. The Balaban J connectivity index is 1.36. The summed E-state index contributed by atoms with van der Waals surface area (Å²) in [5.74, 6) is -2.41. The minimum Gasteiger partial charge on any atom is -0.326 e. The van der Waals surface area contributed by atoms with Crippen LogP contribution in [0.1, 0.15) is 24.0 Å². The lowest BCUT2D eigenvalue weighted by Gasteiger charge is -2.21. The zero-order valence-electron chi connectivity index (χ0n) is 19.6. The van der Waals surface area contributed by atoms with E-state index in [1.54, 1.807) is 12.2 Å². The molecule has 0 bridgehead atoms. The number of hydrogen-bond acceptors (Lipinski definition) is 6. The lowest BCUT2D eigenvalue weighted by Crippen LogP contribution is -2.44. The van der Waals surface area contributed by atoms with E-state index >= 15 is 0 Å². The Bertz CT molecular complexity index is 1360. The molecule has 0 aromatic heterocycles. The van der Waals surface area contributed by atoms with Crippen LogP contribution in [0.5, 0.6) is 0 Å². The molecule has 7 nitrogen and oxygen atoms in total. The molecule has 2 saturated heterocycles. The van der Waals surface area contributed by atoms with Crippen molar-refractivity contribution in [3.8, 4) is 0 Å². The van der Waals surface area contributed by atoms with E-state index in [-0.39, 0.29) is 29.4 Å². The van der Waals surface area contributed by atoms with Crippen molar-refractivity contribution in [1.82, 2.24) is 9.80 Å². The van der Waals surface area contributed by atoms with Gasteiger partial charge in [-0.1, -0.05) is 72.5 Å². The fraction of sp³-hybridized carbons (Fsp3) is 0.192. The predicted octanol–water partition coefficient (Wildman–Crippen LogP) is 4.62. The summed E-state index contributed by atoms with van der Waals surface area (Å²) in [6.45, 7) is -0.288. The van der Waals surface area contributed by atoms with Gasteiger partial charge in [-0.05, 0) is 29.8 Å². The average Bonchev–Trinajstić information content (AvgIpc) is 3.30. The molecular formula is C26H20F3N3O4S2. The number of imide groups is 1. The summed E-state index contributed by atoms with van der Waals surface area (Å²) < 4.78 is 38.8. The lowest BCUT2D eigenvalue weighted by atomic mass is 10.2. The van der Waals surface area contributed by atoms with Crippen LogP contribution in [-0.4, -0.2) is 50.3 Å². The van der Waals surface area contributed by atoms with Crippen molar-refractivity contribution in [2.45, 2.75) is 25.1 Å². The van der Waals surface area contributed by atoms with Crippen LogP contribution < -0.4 is 5.32 Å². The second kappa shape index (κ2) is 11.3. The first kappa shape index (κ1) is 27.3. The minimum atomic E-state index is -4.57. The first-order valence-corrected chi connectivity index (χ1v) is 12.6. The van der Waals surface area contributed by atoms with E-state index in [1.165, 1.54) is 6.07 Å². The molecule has 38 heavy (non-hydrogen) atoms. The van der Waals surface area contributed by atoms with Crippen LogP contribution in [0.2, 0.25) is 0 Å². The quantitative estimate of drug-likeness (QED) is 0.303. The van der Waals surface area contributed by atoms with E-state index in [9.17, 15) is 32.3 Å². The Kier molecular flexibility index (Phi) is 8.12. The van der Waals surface area contributed by atoms with Crippen LogP contribution in [0, 0.1) is 0 Å². The summed E-state index contributed by atoms with van der Waals surface area (Å²) in [6, 6.07) is 12.4. The van der Waals surface area contributed by atoms with Crippen LogP contribution in [0.25, 0.3) is 6.08 Å². The molecule has 2 fully saturated rings. The number of likely N-dealkylation sites (tertiary alicyclic amines) is 1. The SMILES string of the molecule is O=C(CCN1C(=O)CC(N2C(=O)/C(=C/C=C/c3ccccc3)SC2=S)C1=O)Nc1cccc(C(F)(F)F)c1. The number of allylic oxidation sites excluding steroid dienone is 2. The van der Waals surface area contributed by atoms with Crippen molar-refractivity contribution < 1.29 is 32.3 Å². The number of alkyl halides is 3. The van der Waals surface area contributed by atoms with Crippen molar-refractivity contribution in [2.75, 3.05) is 11.9 Å². The van der Waals surface area contributed by atoms with E-state index in [0.29, 0.717) is 4.91 Å². The predicted molar refractivity (Wildman–Crippen MR) is 140 cm³/mol. The Hall–Kier alpha value is -3.77. The molecule has 12 heteroatoms. The van der Waals surface area contributed by atoms with Gasteiger partial charge in [-0.2, -0.15) is 13.2 Å². The average molecular weight is 560 g/mol.